The summed E-state index contributed by atoms with van der Waals surface area (Å²) in [4.78, 5) is 11.8. The highest BCUT2D eigenvalue weighted by Crippen LogP contribution is 2.06. The lowest BCUT2D eigenvalue weighted by molar-refractivity contribution is 0.0730. The highest BCUT2D eigenvalue weighted by atomic mass is 32.2. The molecule has 1 N–H and O–H groups in total. The van der Waals surface area contributed by atoms with Gasteiger partial charge < -0.3 is 10.1 Å². The van der Waals surface area contributed by atoms with Crippen molar-refractivity contribution in [2.75, 3.05) is 38.6 Å². The van der Waals surface area contributed by atoms with E-state index in [2.05, 4.69) is 5.32 Å². The summed E-state index contributed by atoms with van der Waals surface area (Å²) in [7, 11) is -3.39. The largest absolute Gasteiger partial charge is 0.379 e. The molecule has 0 atom stereocenters. The van der Waals surface area contributed by atoms with Crippen LogP contribution in [0.3, 0.4) is 0 Å². The van der Waals surface area contributed by atoms with E-state index < -0.39 is 21.7 Å². The summed E-state index contributed by atoms with van der Waals surface area (Å²) in [5.41, 5.74) is 0.292. The maximum atomic E-state index is 12.7. The van der Waals surface area contributed by atoms with Gasteiger partial charge in [0.2, 0.25) is 10.0 Å². The second-order valence-corrected chi connectivity index (χ2v) is 6.68. The second-order valence-electron chi connectivity index (χ2n) is 4.59. The Bertz CT molecular complexity index is 583. The van der Waals surface area contributed by atoms with Crippen molar-refractivity contribution < 1.29 is 22.3 Å². The van der Waals surface area contributed by atoms with Crippen molar-refractivity contribution in [2.45, 2.75) is 0 Å². The number of benzene rings is 1. The Morgan fingerprint density at radius 1 is 1.24 bits per heavy atom. The van der Waals surface area contributed by atoms with E-state index in [0.29, 0.717) is 31.9 Å². The average molecular weight is 316 g/mol. The first-order chi connectivity index (χ1) is 9.99. The number of carbonyl (C=O) groups is 1. The van der Waals surface area contributed by atoms with Gasteiger partial charge in [-0.2, -0.15) is 4.31 Å². The van der Waals surface area contributed by atoms with Gasteiger partial charge in [-0.15, -0.1) is 0 Å². The highest BCUT2D eigenvalue weighted by Gasteiger charge is 2.23. The first-order valence-electron chi connectivity index (χ1n) is 6.58. The van der Waals surface area contributed by atoms with E-state index in [1.807, 2.05) is 0 Å². The van der Waals surface area contributed by atoms with E-state index in [0.717, 1.165) is 0 Å². The van der Waals surface area contributed by atoms with Crippen LogP contribution in [-0.4, -0.2) is 57.2 Å². The van der Waals surface area contributed by atoms with E-state index in [-0.39, 0.29) is 12.3 Å². The summed E-state index contributed by atoms with van der Waals surface area (Å²) in [6.45, 7) is 1.47. The fourth-order valence-corrected chi connectivity index (χ4v) is 3.27. The van der Waals surface area contributed by atoms with Crippen LogP contribution in [0.4, 0.5) is 4.39 Å². The maximum Gasteiger partial charge on any atom is 0.251 e. The van der Waals surface area contributed by atoms with Crippen LogP contribution < -0.4 is 5.32 Å². The molecule has 1 aliphatic heterocycles. The van der Waals surface area contributed by atoms with Crippen molar-refractivity contribution in [2.24, 2.45) is 0 Å². The molecule has 1 aliphatic rings. The lowest BCUT2D eigenvalue weighted by atomic mass is 10.2. The summed E-state index contributed by atoms with van der Waals surface area (Å²) in [5, 5.41) is 2.52. The molecule has 6 nitrogen and oxygen atoms in total. The Balaban J connectivity index is 1.83. The number of nitrogens with zero attached hydrogens (tertiary/aromatic N) is 1. The van der Waals surface area contributed by atoms with Gasteiger partial charge in [-0.25, -0.2) is 12.8 Å². The summed E-state index contributed by atoms with van der Waals surface area (Å²) >= 11 is 0. The van der Waals surface area contributed by atoms with Crippen molar-refractivity contribution in [3.8, 4) is 0 Å². The minimum atomic E-state index is -3.39. The van der Waals surface area contributed by atoms with Gasteiger partial charge in [0.25, 0.3) is 5.91 Å². The molecule has 0 bridgehead atoms. The lowest BCUT2D eigenvalue weighted by Gasteiger charge is -2.26. The number of carbonyl (C=O) groups excluding carboxylic acids is 1. The smallest absolute Gasteiger partial charge is 0.251 e. The Kier molecular flexibility index (Phi) is 5.27. The third kappa shape index (κ3) is 4.48. The number of ether oxygens (including phenoxy) is 1. The molecule has 1 amide bonds. The van der Waals surface area contributed by atoms with Gasteiger partial charge in [0.15, 0.2) is 0 Å². The summed E-state index contributed by atoms with van der Waals surface area (Å²) in [6.07, 6.45) is 0. The van der Waals surface area contributed by atoms with Gasteiger partial charge in [0.1, 0.15) is 5.82 Å². The first-order valence-corrected chi connectivity index (χ1v) is 8.19. The molecule has 1 fully saturated rings. The lowest BCUT2D eigenvalue weighted by Crippen LogP contribution is -2.43. The van der Waals surface area contributed by atoms with Crippen molar-refractivity contribution in [3.05, 3.63) is 35.6 Å². The van der Waals surface area contributed by atoms with E-state index in [1.54, 1.807) is 0 Å². The molecule has 1 saturated heterocycles. The Morgan fingerprint density at radius 3 is 2.48 bits per heavy atom. The number of hydrogen-bond donors (Lipinski definition) is 1. The van der Waals surface area contributed by atoms with Crippen molar-refractivity contribution >= 4 is 15.9 Å². The molecule has 0 saturated carbocycles. The zero-order chi connectivity index (χ0) is 15.3. The topological polar surface area (TPSA) is 75.7 Å². The van der Waals surface area contributed by atoms with Crippen LogP contribution in [0.1, 0.15) is 10.4 Å². The minimum absolute atomic E-state index is 0.00982. The Morgan fingerprint density at radius 2 is 1.86 bits per heavy atom. The second kappa shape index (κ2) is 6.97. The van der Waals surface area contributed by atoms with Gasteiger partial charge >= 0.3 is 0 Å². The number of nitrogens with one attached hydrogen (secondary N) is 1. The van der Waals surface area contributed by atoms with E-state index >= 15 is 0 Å². The fraction of sp³-hybridized carbons (Fsp3) is 0.462. The molecule has 116 valence electrons. The average Bonchev–Trinajstić information content (AvgIpc) is 2.48. The summed E-state index contributed by atoms with van der Waals surface area (Å²) < 4.78 is 43.2. The van der Waals surface area contributed by atoms with Crippen molar-refractivity contribution in [3.63, 3.8) is 0 Å². The van der Waals surface area contributed by atoms with Gasteiger partial charge in [0.05, 0.1) is 19.0 Å². The molecule has 2 rings (SSSR count). The predicted octanol–water partition coefficient (Wildman–Crippen LogP) is 0.218. The molecule has 0 radical (unpaired) electrons. The SMILES string of the molecule is O=C(NCCS(=O)(=O)N1CCOCC1)c1ccc(F)cc1. The molecule has 8 heteroatoms. The van der Waals surface area contributed by atoms with Crippen LogP contribution in [0.5, 0.6) is 0 Å². The molecule has 21 heavy (non-hydrogen) atoms. The molecular weight excluding hydrogens is 299 g/mol. The molecule has 1 aromatic rings. The van der Waals surface area contributed by atoms with Gasteiger partial charge in [-0.05, 0) is 24.3 Å². The minimum Gasteiger partial charge on any atom is -0.379 e. The number of amides is 1. The van der Waals surface area contributed by atoms with Crippen LogP contribution in [0.25, 0.3) is 0 Å². The monoisotopic (exact) mass is 316 g/mol. The molecule has 0 unspecified atom stereocenters. The van der Waals surface area contributed by atoms with Gasteiger partial charge in [0, 0.05) is 25.2 Å². The van der Waals surface area contributed by atoms with E-state index in [4.69, 9.17) is 4.74 Å². The zero-order valence-electron chi connectivity index (χ0n) is 11.4. The number of sulfonamides is 1. The number of morpholine rings is 1. The molecule has 0 aromatic heterocycles. The molecule has 1 heterocycles. The maximum absolute atomic E-state index is 12.7. The van der Waals surface area contributed by atoms with Crippen molar-refractivity contribution in [1.29, 1.82) is 0 Å². The number of hydrogen-bond acceptors (Lipinski definition) is 4. The standard InChI is InChI=1S/C13H17FN2O4S/c14-12-3-1-11(2-4-12)13(17)15-5-10-21(18,19)16-6-8-20-9-7-16/h1-4H,5-10H2,(H,15,17). The number of rotatable bonds is 5. The van der Waals surface area contributed by atoms with Gasteiger partial charge in [-0.3, -0.25) is 4.79 Å². The van der Waals surface area contributed by atoms with Crippen molar-refractivity contribution in [1.82, 2.24) is 9.62 Å². The fourth-order valence-electron chi connectivity index (χ4n) is 1.95. The normalized spacial score (nSPS) is 16.6. The quantitative estimate of drug-likeness (QED) is 0.843. The van der Waals surface area contributed by atoms with Gasteiger partial charge in [-0.1, -0.05) is 0 Å². The van der Waals surface area contributed by atoms with Crippen LogP contribution >= 0.6 is 0 Å². The van der Waals surface area contributed by atoms with Crippen LogP contribution in [0, 0.1) is 5.82 Å². The molecular formula is C13H17FN2O4S. The highest BCUT2D eigenvalue weighted by molar-refractivity contribution is 7.89. The van der Waals surface area contributed by atoms with E-state index in [1.165, 1.54) is 28.6 Å². The Labute approximate surface area is 122 Å². The van der Waals surface area contributed by atoms with E-state index in [9.17, 15) is 17.6 Å². The third-order valence-corrected chi connectivity index (χ3v) is 4.99. The summed E-state index contributed by atoms with van der Waals surface area (Å²) in [5.74, 6) is -1.02. The van der Waals surface area contributed by atoms with Crippen LogP contribution in [0.15, 0.2) is 24.3 Å². The molecule has 0 spiro atoms. The van der Waals surface area contributed by atoms with Crippen LogP contribution in [-0.2, 0) is 14.8 Å². The number of halogens is 1. The molecule has 0 aliphatic carbocycles. The Hall–Kier alpha value is -1.51. The predicted molar refractivity (Wildman–Crippen MR) is 74.9 cm³/mol. The zero-order valence-corrected chi connectivity index (χ0v) is 12.2. The third-order valence-electron chi connectivity index (χ3n) is 3.12. The first kappa shape index (κ1) is 15.9. The summed E-state index contributed by atoms with van der Waals surface area (Å²) in [6, 6.07) is 5.06. The van der Waals surface area contributed by atoms with Crippen LogP contribution in [0.2, 0.25) is 0 Å². The molecule has 1 aromatic carbocycles.